The fraction of sp³-hybridized carbons (Fsp3) is 0.800. The molecule has 2 rings (SSSR count). The molecule has 2 saturated heterocycles. The van der Waals surface area contributed by atoms with Gasteiger partial charge in [0.05, 0.1) is 11.5 Å². The molecule has 0 aromatic carbocycles. The van der Waals surface area contributed by atoms with E-state index in [0.717, 1.165) is 45.7 Å². The number of hydrogen-bond acceptors (Lipinski definition) is 5. The lowest BCUT2D eigenvalue weighted by Gasteiger charge is -2.32. The molecule has 0 bridgehead atoms. The predicted molar refractivity (Wildman–Crippen MR) is 63.0 cm³/mol. The fourth-order valence-corrected chi connectivity index (χ4v) is 2.40. The standard InChI is InChI=1S/C10H16ClN3O3/c11-9(14(15)16)10-12-3-1-4-13(10)6-8-2-5-17-7-8/h8,12H,1-7H2. The first kappa shape index (κ1) is 12.4. The molecule has 2 aliphatic heterocycles. The highest BCUT2D eigenvalue weighted by molar-refractivity contribution is 6.28. The second-order valence-corrected chi connectivity index (χ2v) is 4.71. The van der Waals surface area contributed by atoms with Crippen molar-refractivity contribution in [2.24, 2.45) is 5.92 Å². The Morgan fingerprint density at radius 1 is 1.71 bits per heavy atom. The Bertz CT molecular complexity index is 329. The molecular weight excluding hydrogens is 246 g/mol. The van der Waals surface area contributed by atoms with Gasteiger partial charge in [0.25, 0.3) is 0 Å². The van der Waals surface area contributed by atoms with Crippen molar-refractivity contribution in [3.63, 3.8) is 0 Å². The van der Waals surface area contributed by atoms with Crippen LogP contribution in [0.2, 0.25) is 0 Å². The molecule has 0 aromatic heterocycles. The third kappa shape index (κ3) is 3.01. The minimum Gasteiger partial charge on any atom is -0.381 e. The summed E-state index contributed by atoms with van der Waals surface area (Å²) in [5.41, 5.74) is 0. The molecule has 1 unspecified atom stereocenters. The molecule has 0 spiro atoms. The molecule has 0 aliphatic carbocycles. The third-order valence-corrected chi connectivity index (χ3v) is 3.39. The van der Waals surface area contributed by atoms with Gasteiger partial charge in [-0.15, -0.1) is 0 Å². The molecular formula is C10H16ClN3O3. The van der Waals surface area contributed by atoms with Crippen molar-refractivity contribution in [3.8, 4) is 0 Å². The van der Waals surface area contributed by atoms with E-state index in [-0.39, 0.29) is 5.16 Å². The van der Waals surface area contributed by atoms with Crippen LogP contribution >= 0.6 is 11.6 Å². The monoisotopic (exact) mass is 261 g/mol. The highest BCUT2D eigenvalue weighted by Gasteiger charge is 2.27. The molecule has 7 heteroatoms. The molecule has 0 saturated carbocycles. The zero-order chi connectivity index (χ0) is 12.3. The molecule has 0 radical (unpaired) electrons. The molecule has 2 heterocycles. The lowest BCUT2D eigenvalue weighted by molar-refractivity contribution is -0.414. The summed E-state index contributed by atoms with van der Waals surface area (Å²) in [5, 5.41) is 13.4. The van der Waals surface area contributed by atoms with Gasteiger partial charge in [-0.05, 0) is 24.4 Å². The average molecular weight is 262 g/mol. The first-order valence-corrected chi connectivity index (χ1v) is 6.17. The number of nitrogens with zero attached hydrogens (tertiary/aromatic N) is 2. The van der Waals surface area contributed by atoms with E-state index in [2.05, 4.69) is 5.32 Å². The molecule has 2 aliphatic rings. The van der Waals surface area contributed by atoms with Crippen LogP contribution in [0.1, 0.15) is 12.8 Å². The fourth-order valence-electron chi connectivity index (χ4n) is 2.21. The Balaban J connectivity index is 2.06. The van der Waals surface area contributed by atoms with Gasteiger partial charge in [-0.3, -0.25) is 10.1 Å². The summed E-state index contributed by atoms with van der Waals surface area (Å²) in [6, 6.07) is 0. The van der Waals surface area contributed by atoms with Crippen LogP contribution in [0.3, 0.4) is 0 Å². The Labute approximate surface area is 105 Å². The average Bonchev–Trinajstić information content (AvgIpc) is 2.81. The zero-order valence-corrected chi connectivity index (χ0v) is 10.3. The van der Waals surface area contributed by atoms with Crippen LogP contribution in [-0.4, -0.2) is 42.7 Å². The normalized spacial score (nSPS) is 27.8. The van der Waals surface area contributed by atoms with Crippen molar-refractivity contribution in [2.45, 2.75) is 12.8 Å². The summed E-state index contributed by atoms with van der Waals surface area (Å²) in [7, 11) is 0. The smallest absolute Gasteiger partial charge is 0.377 e. The van der Waals surface area contributed by atoms with Crippen LogP contribution in [0.5, 0.6) is 0 Å². The Morgan fingerprint density at radius 3 is 3.18 bits per heavy atom. The van der Waals surface area contributed by atoms with Gasteiger partial charge in [-0.25, -0.2) is 0 Å². The van der Waals surface area contributed by atoms with E-state index >= 15 is 0 Å². The van der Waals surface area contributed by atoms with Gasteiger partial charge in [0.15, 0.2) is 5.82 Å². The van der Waals surface area contributed by atoms with Gasteiger partial charge >= 0.3 is 5.16 Å². The molecule has 0 aromatic rings. The van der Waals surface area contributed by atoms with Crippen LogP contribution in [0.4, 0.5) is 0 Å². The number of nitro groups is 1. The van der Waals surface area contributed by atoms with Gasteiger partial charge in [0.2, 0.25) is 0 Å². The summed E-state index contributed by atoms with van der Waals surface area (Å²) in [6.45, 7) is 3.83. The molecule has 96 valence electrons. The Morgan fingerprint density at radius 2 is 2.53 bits per heavy atom. The maximum atomic E-state index is 10.7. The van der Waals surface area contributed by atoms with Crippen molar-refractivity contribution < 1.29 is 9.66 Å². The molecule has 17 heavy (non-hydrogen) atoms. The molecule has 1 atom stereocenters. The molecule has 0 amide bonds. The summed E-state index contributed by atoms with van der Waals surface area (Å²) < 4.78 is 5.31. The van der Waals surface area contributed by atoms with Crippen LogP contribution in [0.25, 0.3) is 0 Å². The van der Waals surface area contributed by atoms with E-state index in [1.807, 2.05) is 4.90 Å². The third-order valence-electron chi connectivity index (χ3n) is 3.07. The van der Waals surface area contributed by atoms with Gasteiger partial charge in [0.1, 0.15) is 0 Å². The minimum absolute atomic E-state index is 0.316. The van der Waals surface area contributed by atoms with Gasteiger partial charge < -0.3 is 15.0 Å². The topological polar surface area (TPSA) is 67.6 Å². The predicted octanol–water partition coefficient (Wildman–Crippen LogP) is 0.960. The number of ether oxygens (including phenoxy) is 1. The first-order chi connectivity index (χ1) is 8.18. The lowest BCUT2D eigenvalue weighted by atomic mass is 10.1. The highest BCUT2D eigenvalue weighted by atomic mass is 35.5. The van der Waals surface area contributed by atoms with Crippen molar-refractivity contribution in [1.29, 1.82) is 0 Å². The largest absolute Gasteiger partial charge is 0.381 e. The van der Waals surface area contributed by atoms with Crippen molar-refractivity contribution in [2.75, 3.05) is 32.8 Å². The van der Waals surface area contributed by atoms with Crippen LogP contribution in [0.15, 0.2) is 11.0 Å². The van der Waals surface area contributed by atoms with E-state index in [0.29, 0.717) is 11.7 Å². The van der Waals surface area contributed by atoms with Gasteiger partial charge in [-0.1, -0.05) is 0 Å². The second-order valence-electron chi connectivity index (χ2n) is 4.35. The van der Waals surface area contributed by atoms with Crippen LogP contribution < -0.4 is 5.32 Å². The highest BCUT2D eigenvalue weighted by Crippen LogP contribution is 2.21. The SMILES string of the molecule is O=[N+]([O-])C(Cl)=C1NCCCN1CC1CCOC1. The van der Waals surface area contributed by atoms with Crippen LogP contribution in [0, 0.1) is 16.0 Å². The van der Waals surface area contributed by atoms with E-state index in [1.165, 1.54) is 0 Å². The minimum atomic E-state index is -0.548. The number of hydrogen-bond donors (Lipinski definition) is 1. The molecule has 2 fully saturated rings. The second kappa shape index (κ2) is 5.55. The maximum absolute atomic E-state index is 10.7. The molecule has 6 nitrogen and oxygen atoms in total. The van der Waals surface area contributed by atoms with Gasteiger partial charge in [-0.2, -0.15) is 0 Å². The Hall–Kier alpha value is -1.01. The summed E-state index contributed by atoms with van der Waals surface area (Å²) >= 11 is 5.72. The number of nitrogens with one attached hydrogen (secondary N) is 1. The van der Waals surface area contributed by atoms with E-state index in [9.17, 15) is 10.1 Å². The summed E-state index contributed by atoms with van der Waals surface area (Å²) in [5.74, 6) is 0.899. The number of rotatable bonds is 3. The Kier molecular flexibility index (Phi) is 4.06. The zero-order valence-electron chi connectivity index (χ0n) is 9.52. The number of halogens is 1. The van der Waals surface area contributed by atoms with E-state index < -0.39 is 4.92 Å². The molecule has 1 N–H and O–H groups in total. The summed E-state index contributed by atoms with van der Waals surface area (Å²) in [6.07, 6.45) is 1.98. The van der Waals surface area contributed by atoms with E-state index in [4.69, 9.17) is 16.3 Å². The quantitative estimate of drug-likeness (QED) is 0.466. The van der Waals surface area contributed by atoms with Crippen molar-refractivity contribution in [1.82, 2.24) is 10.2 Å². The van der Waals surface area contributed by atoms with Crippen molar-refractivity contribution >= 4 is 11.6 Å². The van der Waals surface area contributed by atoms with Crippen LogP contribution in [-0.2, 0) is 4.74 Å². The lowest BCUT2D eigenvalue weighted by Crippen LogP contribution is -2.43. The maximum Gasteiger partial charge on any atom is 0.377 e. The van der Waals surface area contributed by atoms with Crippen molar-refractivity contribution in [3.05, 3.63) is 21.1 Å². The summed E-state index contributed by atoms with van der Waals surface area (Å²) in [4.78, 5) is 12.1. The van der Waals surface area contributed by atoms with Gasteiger partial charge in [0, 0.05) is 32.2 Å². The first-order valence-electron chi connectivity index (χ1n) is 5.79. The van der Waals surface area contributed by atoms with E-state index in [1.54, 1.807) is 0 Å².